The second kappa shape index (κ2) is 7.56. The molecule has 0 saturated carbocycles. The normalized spacial score (nSPS) is 11.0. The van der Waals surface area contributed by atoms with Crippen LogP contribution in [-0.2, 0) is 18.9 Å². The summed E-state index contributed by atoms with van der Waals surface area (Å²) in [5.74, 6) is -0.713. The first kappa shape index (κ1) is 16.0. The Kier molecular flexibility index (Phi) is 5.76. The van der Waals surface area contributed by atoms with E-state index in [0.29, 0.717) is 11.3 Å². The Morgan fingerprint density at radius 1 is 1.24 bits per heavy atom. The van der Waals surface area contributed by atoms with Gasteiger partial charge in [-0.1, -0.05) is 25.1 Å². The molecule has 3 nitrogen and oxygen atoms in total. The van der Waals surface area contributed by atoms with Gasteiger partial charge in [0.15, 0.2) is 5.16 Å². The first-order chi connectivity index (χ1) is 10.1. The maximum atomic E-state index is 13.2. The van der Waals surface area contributed by atoms with Gasteiger partial charge in [0.05, 0.1) is 18.5 Å². The van der Waals surface area contributed by atoms with E-state index >= 15 is 0 Å². The lowest BCUT2D eigenvalue weighted by molar-refractivity contribution is 0.268. The summed E-state index contributed by atoms with van der Waals surface area (Å²) >= 11 is 1.41. The Bertz CT molecular complexity index is 581. The number of unbranched alkanes of at least 4 members (excludes halogenated alkanes) is 1. The van der Waals surface area contributed by atoms with Crippen LogP contribution in [0, 0.1) is 11.6 Å². The van der Waals surface area contributed by atoms with Gasteiger partial charge in [0.25, 0.3) is 0 Å². The molecule has 2 aromatic rings. The zero-order chi connectivity index (χ0) is 15.2. The maximum Gasteiger partial charge on any atom is 0.168 e. The molecule has 0 aliphatic heterocycles. The van der Waals surface area contributed by atoms with Crippen LogP contribution in [0.2, 0.25) is 0 Å². The standard InChI is InChI=1S/C15H18F2N2OS/c1-2-3-4-19-14(9-20)8-18-15(19)21-10-11-5-12(16)7-13(17)6-11/h5-8,20H,2-4,9-10H2,1H3. The van der Waals surface area contributed by atoms with Gasteiger partial charge in [0.1, 0.15) is 11.6 Å². The van der Waals surface area contributed by atoms with Crippen LogP contribution in [0.25, 0.3) is 0 Å². The second-order valence-corrected chi connectivity index (χ2v) is 5.70. The summed E-state index contributed by atoms with van der Waals surface area (Å²) in [6.45, 7) is 2.82. The van der Waals surface area contributed by atoms with E-state index in [2.05, 4.69) is 11.9 Å². The van der Waals surface area contributed by atoms with Crippen molar-refractivity contribution in [2.45, 2.75) is 43.8 Å². The van der Waals surface area contributed by atoms with E-state index in [1.807, 2.05) is 4.57 Å². The van der Waals surface area contributed by atoms with Gasteiger partial charge in [-0.05, 0) is 24.1 Å². The van der Waals surface area contributed by atoms with Gasteiger partial charge in [-0.25, -0.2) is 13.8 Å². The van der Waals surface area contributed by atoms with E-state index < -0.39 is 11.6 Å². The Morgan fingerprint density at radius 2 is 1.95 bits per heavy atom. The Hall–Kier alpha value is -1.40. The lowest BCUT2D eigenvalue weighted by atomic mass is 10.2. The highest BCUT2D eigenvalue weighted by atomic mass is 32.2. The smallest absolute Gasteiger partial charge is 0.168 e. The SMILES string of the molecule is CCCCn1c(CO)cnc1SCc1cc(F)cc(F)c1. The van der Waals surface area contributed by atoms with Crippen LogP contribution in [0.1, 0.15) is 31.0 Å². The number of aliphatic hydroxyl groups is 1. The van der Waals surface area contributed by atoms with Gasteiger partial charge < -0.3 is 9.67 Å². The van der Waals surface area contributed by atoms with Gasteiger partial charge in [-0.3, -0.25) is 0 Å². The summed E-state index contributed by atoms with van der Waals surface area (Å²) in [6.07, 6.45) is 3.68. The lowest BCUT2D eigenvalue weighted by Gasteiger charge is -2.10. The van der Waals surface area contributed by atoms with Crippen molar-refractivity contribution in [2.24, 2.45) is 0 Å². The van der Waals surface area contributed by atoms with Crippen molar-refractivity contribution in [3.63, 3.8) is 0 Å². The number of aliphatic hydroxyl groups excluding tert-OH is 1. The monoisotopic (exact) mass is 312 g/mol. The molecule has 1 aromatic carbocycles. The number of rotatable bonds is 7. The van der Waals surface area contributed by atoms with Gasteiger partial charge >= 0.3 is 0 Å². The summed E-state index contributed by atoms with van der Waals surface area (Å²) in [5, 5.41) is 10.1. The topological polar surface area (TPSA) is 38.0 Å². The Morgan fingerprint density at radius 3 is 2.57 bits per heavy atom. The largest absolute Gasteiger partial charge is 0.390 e. The first-order valence-corrected chi connectivity index (χ1v) is 7.85. The van der Waals surface area contributed by atoms with Gasteiger partial charge in [0, 0.05) is 18.4 Å². The molecule has 6 heteroatoms. The predicted molar refractivity (Wildman–Crippen MR) is 79.0 cm³/mol. The van der Waals surface area contributed by atoms with Gasteiger partial charge in [-0.15, -0.1) is 0 Å². The van der Waals surface area contributed by atoms with Crippen LogP contribution in [0.3, 0.4) is 0 Å². The van der Waals surface area contributed by atoms with Crippen molar-refractivity contribution in [3.8, 4) is 0 Å². The molecule has 1 N–H and O–H groups in total. The van der Waals surface area contributed by atoms with Crippen molar-refractivity contribution in [1.82, 2.24) is 9.55 Å². The average Bonchev–Trinajstić information content (AvgIpc) is 2.84. The third kappa shape index (κ3) is 4.28. The number of halogens is 2. The number of hydrogen-bond acceptors (Lipinski definition) is 3. The molecule has 114 valence electrons. The lowest BCUT2D eigenvalue weighted by Crippen LogP contribution is -2.04. The quantitative estimate of drug-likeness (QED) is 0.791. The number of benzene rings is 1. The Labute approximate surface area is 127 Å². The molecular formula is C15H18F2N2OS. The highest BCUT2D eigenvalue weighted by Crippen LogP contribution is 2.24. The number of nitrogens with zero attached hydrogens (tertiary/aromatic N) is 2. The maximum absolute atomic E-state index is 13.2. The first-order valence-electron chi connectivity index (χ1n) is 6.87. The molecule has 1 aromatic heterocycles. The molecule has 0 radical (unpaired) electrons. The molecule has 0 atom stereocenters. The van der Waals surface area contributed by atoms with Crippen molar-refractivity contribution < 1.29 is 13.9 Å². The van der Waals surface area contributed by atoms with Crippen LogP contribution >= 0.6 is 11.8 Å². The van der Waals surface area contributed by atoms with E-state index in [0.717, 1.165) is 36.3 Å². The molecule has 0 saturated heterocycles. The van der Waals surface area contributed by atoms with E-state index in [4.69, 9.17) is 0 Å². The molecule has 1 heterocycles. The molecule has 0 spiro atoms. The molecule has 0 aliphatic carbocycles. The van der Waals surface area contributed by atoms with E-state index in [-0.39, 0.29) is 6.61 Å². The molecule has 0 bridgehead atoms. The van der Waals surface area contributed by atoms with E-state index in [1.165, 1.54) is 23.9 Å². The average molecular weight is 312 g/mol. The number of imidazole rings is 1. The molecule has 0 amide bonds. The van der Waals surface area contributed by atoms with Gasteiger partial charge in [0.2, 0.25) is 0 Å². The summed E-state index contributed by atoms with van der Waals surface area (Å²) in [7, 11) is 0. The van der Waals surface area contributed by atoms with Crippen LogP contribution in [0.15, 0.2) is 29.6 Å². The summed E-state index contributed by atoms with van der Waals surface area (Å²) in [4.78, 5) is 4.28. The van der Waals surface area contributed by atoms with Crippen molar-refractivity contribution in [1.29, 1.82) is 0 Å². The minimum Gasteiger partial charge on any atom is -0.390 e. The third-order valence-corrected chi connectivity index (χ3v) is 4.15. The molecule has 21 heavy (non-hydrogen) atoms. The molecule has 0 unspecified atom stereocenters. The summed E-state index contributed by atoms with van der Waals surface area (Å²) < 4.78 is 28.3. The fourth-order valence-corrected chi connectivity index (χ4v) is 2.99. The number of aromatic nitrogens is 2. The minimum atomic E-state index is -0.573. The fraction of sp³-hybridized carbons (Fsp3) is 0.400. The van der Waals surface area contributed by atoms with E-state index in [1.54, 1.807) is 6.20 Å². The zero-order valence-corrected chi connectivity index (χ0v) is 12.7. The van der Waals surface area contributed by atoms with Gasteiger partial charge in [-0.2, -0.15) is 0 Å². The van der Waals surface area contributed by atoms with Crippen LogP contribution in [0.4, 0.5) is 8.78 Å². The minimum absolute atomic E-state index is 0.0636. The van der Waals surface area contributed by atoms with Crippen molar-refractivity contribution in [3.05, 3.63) is 47.3 Å². The predicted octanol–water partition coefficient (Wildman–Crippen LogP) is 3.75. The molecular weight excluding hydrogens is 294 g/mol. The molecule has 0 aliphatic rings. The van der Waals surface area contributed by atoms with Crippen LogP contribution in [-0.4, -0.2) is 14.7 Å². The summed E-state index contributed by atoms with van der Waals surface area (Å²) in [5.41, 5.74) is 1.34. The second-order valence-electron chi connectivity index (χ2n) is 4.76. The Balaban J connectivity index is 2.10. The zero-order valence-electron chi connectivity index (χ0n) is 11.9. The number of hydrogen-bond donors (Lipinski definition) is 1. The van der Waals surface area contributed by atoms with E-state index in [9.17, 15) is 13.9 Å². The van der Waals surface area contributed by atoms with Crippen molar-refractivity contribution >= 4 is 11.8 Å². The molecule has 2 rings (SSSR count). The fourth-order valence-electron chi connectivity index (χ4n) is 2.03. The number of thioether (sulfide) groups is 1. The van der Waals surface area contributed by atoms with Crippen molar-refractivity contribution in [2.75, 3.05) is 0 Å². The highest BCUT2D eigenvalue weighted by Gasteiger charge is 2.10. The third-order valence-electron chi connectivity index (χ3n) is 3.09. The summed E-state index contributed by atoms with van der Waals surface area (Å²) in [6, 6.07) is 3.50. The van der Waals surface area contributed by atoms with Crippen LogP contribution < -0.4 is 0 Å². The molecule has 0 fully saturated rings. The highest BCUT2D eigenvalue weighted by molar-refractivity contribution is 7.98. The van der Waals surface area contributed by atoms with Crippen LogP contribution in [0.5, 0.6) is 0 Å².